The number of halogens is 2. The van der Waals surface area contributed by atoms with Crippen molar-refractivity contribution < 1.29 is 23.2 Å². The molecule has 0 unspecified atom stereocenters. The van der Waals surface area contributed by atoms with Gasteiger partial charge in [0.1, 0.15) is 18.4 Å². The molecule has 0 fully saturated rings. The van der Waals surface area contributed by atoms with Crippen LogP contribution in [0.2, 0.25) is 10.0 Å². The van der Waals surface area contributed by atoms with E-state index in [1.807, 2.05) is 0 Å². The first-order valence-electron chi connectivity index (χ1n) is 11.3. The average Bonchev–Trinajstić information content (AvgIpc) is 3.20. The Labute approximate surface area is 223 Å². The molecular formula is C24H26Cl2N4O6S. The number of aromatic amines is 1. The number of sulfonamides is 1. The van der Waals surface area contributed by atoms with E-state index >= 15 is 0 Å². The molecule has 0 saturated heterocycles. The maximum absolute atomic E-state index is 13.6. The van der Waals surface area contributed by atoms with Crippen LogP contribution >= 0.6 is 23.2 Å². The normalized spacial score (nSPS) is 16.3. The number of hydrogen-bond donors (Lipinski definition) is 3. The van der Waals surface area contributed by atoms with E-state index in [1.165, 1.54) is 34.4 Å². The molecule has 13 heteroatoms. The second-order valence-corrected chi connectivity index (χ2v) is 12.3. The molecule has 3 aromatic rings. The molecule has 1 aliphatic heterocycles. The van der Waals surface area contributed by atoms with Crippen LogP contribution in [0, 0.1) is 0 Å². The summed E-state index contributed by atoms with van der Waals surface area (Å²) >= 11 is 12.1. The van der Waals surface area contributed by atoms with Crippen molar-refractivity contribution in [3.63, 3.8) is 0 Å². The minimum Gasteiger partial charge on any atom is -0.489 e. The topological polar surface area (TPSA) is 134 Å². The van der Waals surface area contributed by atoms with Crippen LogP contribution in [0.1, 0.15) is 43.6 Å². The lowest BCUT2D eigenvalue weighted by Crippen LogP contribution is -2.48. The Hall–Kier alpha value is -2.83. The van der Waals surface area contributed by atoms with Crippen LogP contribution in [0.3, 0.4) is 0 Å². The van der Waals surface area contributed by atoms with E-state index in [1.54, 1.807) is 39.0 Å². The quantitative estimate of drug-likeness (QED) is 0.307. The summed E-state index contributed by atoms with van der Waals surface area (Å²) in [6.45, 7) is 5.47. The van der Waals surface area contributed by atoms with Gasteiger partial charge >= 0.3 is 0 Å². The lowest BCUT2D eigenvalue weighted by Gasteiger charge is -2.32. The molecular weight excluding hydrogens is 543 g/mol. The molecule has 1 aliphatic rings. The van der Waals surface area contributed by atoms with Crippen molar-refractivity contribution in [1.82, 2.24) is 19.6 Å². The summed E-state index contributed by atoms with van der Waals surface area (Å²) in [6, 6.07) is 9.13. The average molecular weight is 569 g/mol. The predicted octanol–water partition coefficient (Wildman–Crippen LogP) is 3.61. The Morgan fingerprint density at radius 3 is 2.46 bits per heavy atom. The maximum atomic E-state index is 13.6. The molecule has 198 valence electrons. The first-order chi connectivity index (χ1) is 17.3. The third kappa shape index (κ3) is 5.27. The number of fused-ring (bicyclic) bond motifs is 1. The van der Waals surface area contributed by atoms with Crippen molar-refractivity contribution in [1.29, 1.82) is 0 Å². The number of hydrogen-bond acceptors (Lipinski definition) is 6. The zero-order chi connectivity index (χ0) is 27.1. The number of nitrogens with zero attached hydrogens (tertiary/aromatic N) is 2. The SMILES string of the molecule is CC(C)(C)n1[nH]c2c(c1=O)[C@H](C(=O)NO)N(S(=O)(=O)c1ccc(OCc3ccc(Cl)cc3Cl)cc1)CC2. The molecule has 1 atom stereocenters. The standard InChI is InChI=1S/C24H26Cl2N4O6S/c1-24(2,3)30-23(32)20-19(27-30)10-11-29(21(20)22(31)28-33)37(34,35)17-8-6-16(7-9-17)36-13-14-4-5-15(25)12-18(14)26/h4-9,12,21,27,33H,10-11,13H2,1-3H3,(H,28,31)/t21-/m1/s1. The number of aromatic nitrogens is 2. The van der Waals surface area contributed by atoms with Gasteiger partial charge < -0.3 is 4.74 Å². The maximum Gasteiger partial charge on any atom is 0.272 e. The molecule has 0 radical (unpaired) electrons. The van der Waals surface area contributed by atoms with Crippen molar-refractivity contribution in [3.8, 4) is 5.75 Å². The van der Waals surface area contributed by atoms with Crippen molar-refractivity contribution in [2.24, 2.45) is 0 Å². The summed E-state index contributed by atoms with van der Waals surface area (Å²) in [5, 5.41) is 13.3. The zero-order valence-corrected chi connectivity index (χ0v) is 22.6. The minimum atomic E-state index is -4.24. The predicted molar refractivity (Wildman–Crippen MR) is 138 cm³/mol. The number of nitrogens with one attached hydrogen (secondary N) is 2. The van der Waals surface area contributed by atoms with E-state index in [0.717, 1.165) is 4.31 Å². The van der Waals surface area contributed by atoms with E-state index < -0.39 is 33.1 Å². The van der Waals surface area contributed by atoms with Gasteiger partial charge in [-0.2, -0.15) is 4.31 Å². The van der Waals surface area contributed by atoms with Crippen molar-refractivity contribution in [3.05, 3.63) is 79.7 Å². The van der Waals surface area contributed by atoms with E-state index in [4.69, 9.17) is 27.9 Å². The lowest BCUT2D eigenvalue weighted by atomic mass is 10.0. The molecule has 0 saturated carbocycles. The Kier molecular flexibility index (Phi) is 7.46. The van der Waals surface area contributed by atoms with E-state index in [0.29, 0.717) is 27.1 Å². The van der Waals surface area contributed by atoms with E-state index in [9.17, 15) is 23.2 Å². The highest BCUT2D eigenvalue weighted by molar-refractivity contribution is 7.89. The van der Waals surface area contributed by atoms with Crippen molar-refractivity contribution >= 4 is 39.1 Å². The highest BCUT2D eigenvalue weighted by Crippen LogP contribution is 2.33. The highest BCUT2D eigenvalue weighted by Gasteiger charge is 2.44. The van der Waals surface area contributed by atoms with E-state index in [2.05, 4.69) is 5.10 Å². The third-order valence-corrected chi connectivity index (χ3v) is 8.48. The Balaban J connectivity index is 1.62. The second-order valence-electron chi connectivity index (χ2n) is 9.56. The number of amides is 1. The molecule has 0 bridgehead atoms. The molecule has 3 N–H and O–H groups in total. The number of hydroxylamine groups is 1. The highest BCUT2D eigenvalue weighted by atomic mass is 35.5. The van der Waals surface area contributed by atoms with Crippen LogP contribution in [0.25, 0.3) is 0 Å². The summed E-state index contributed by atoms with van der Waals surface area (Å²) in [4.78, 5) is 25.8. The van der Waals surface area contributed by atoms with Crippen molar-refractivity contribution in [2.45, 2.75) is 50.3 Å². The first kappa shape index (κ1) is 27.2. The fraction of sp³-hybridized carbons (Fsp3) is 0.333. The summed E-state index contributed by atoms with van der Waals surface area (Å²) in [7, 11) is -4.24. The molecule has 2 aromatic carbocycles. The van der Waals surface area contributed by atoms with Gasteiger partial charge in [0.2, 0.25) is 10.0 Å². The molecule has 2 heterocycles. The molecule has 37 heavy (non-hydrogen) atoms. The molecule has 1 aromatic heterocycles. The van der Waals surface area contributed by atoms with Gasteiger partial charge in [0, 0.05) is 34.3 Å². The van der Waals surface area contributed by atoms with Gasteiger partial charge in [-0.05, 0) is 57.2 Å². The van der Waals surface area contributed by atoms with Gasteiger partial charge in [-0.25, -0.2) is 18.6 Å². The van der Waals surface area contributed by atoms with Gasteiger partial charge in [0.05, 0.1) is 16.0 Å². The van der Waals surface area contributed by atoms with Crippen LogP contribution in [-0.4, -0.2) is 40.2 Å². The summed E-state index contributed by atoms with van der Waals surface area (Å²) in [6.07, 6.45) is 0.186. The van der Waals surface area contributed by atoms with Crippen LogP contribution in [0.5, 0.6) is 5.75 Å². The lowest BCUT2D eigenvalue weighted by molar-refractivity contribution is -0.133. The Morgan fingerprint density at radius 2 is 1.86 bits per heavy atom. The zero-order valence-electron chi connectivity index (χ0n) is 20.3. The number of benzene rings is 2. The van der Waals surface area contributed by atoms with Crippen LogP contribution in [0.4, 0.5) is 0 Å². The summed E-state index contributed by atoms with van der Waals surface area (Å²) in [5.74, 6) is -0.629. The fourth-order valence-electron chi connectivity index (χ4n) is 4.16. The van der Waals surface area contributed by atoms with Crippen LogP contribution in [-0.2, 0) is 33.4 Å². The molecule has 4 rings (SSSR count). The number of carbonyl (C=O) groups is 1. The Morgan fingerprint density at radius 1 is 1.19 bits per heavy atom. The van der Waals surface area contributed by atoms with E-state index in [-0.39, 0.29) is 30.0 Å². The first-order valence-corrected chi connectivity index (χ1v) is 13.5. The molecule has 0 aliphatic carbocycles. The number of H-pyrrole nitrogens is 1. The molecule has 1 amide bonds. The minimum absolute atomic E-state index is 0.0175. The third-order valence-electron chi connectivity index (χ3n) is 6.02. The number of rotatable bonds is 6. The fourth-order valence-corrected chi connectivity index (χ4v) is 6.18. The van der Waals surface area contributed by atoms with Gasteiger partial charge in [0.15, 0.2) is 0 Å². The van der Waals surface area contributed by atoms with Crippen LogP contribution < -0.4 is 15.8 Å². The van der Waals surface area contributed by atoms with Gasteiger partial charge in [-0.3, -0.25) is 19.9 Å². The monoisotopic (exact) mass is 568 g/mol. The Bertz CT molecular complexity index is 1490. The summed E-state index contributed by atoms with van der Waals surface area (Å²) < 4.78 is 35.2. The van der Waals surface area contributed by atoms with Crippen LogP contribution in [0.15, 0.2) is 52.2 Å². The van der Waals surface area contributed by atoms with Gasteiger partial charge in [0.25, 0.3) is 11.5 Å². The van der Waals surface area contributed by atoms with Crippen molar-refractivity contribution in [2.75, 3.05) is 6.54 Å². The summed E-state index contributed by atoms with van der Waals surface area (Å²) in [5.41, 5.74) is 1.48. The number of carbonyl (C=O) groups excluding carboxylic acids is 1. The second kappa shape index (κ2) is 10.1. The smallest absolute Gasteiger partial charge is 0.272 e. The van der Waals surface area contributed by atoms with Gasteiger partial charge in [-0.1, -0.05) is 29.3 Å². The number of ether oxygens (including phenoxy) is 1. The molecule has 0 spiro atoms. The van der Waals surface area contributed by atoms with Gasteiger partial charge in [-0.15, -0.1) is 0 Å². The molecule has 10 nitrogen and oxygen atoms in total. The largest absolute Gasteiger partial charge is 0.489 e.